The van der Waals surface area contributed by atoms with Gasteiger partial charge in [0, 0.05) is 18.5 Å². The first-order valence-corrected chi connectivity index (χ1v) is 7.68. The van der Waals surface area contributed by atoms with E-state index >= 15 is 0 Å². The van der Waals surface area contributed by atoms with E-state index in [0.29, 0.717) is 17.3 Å². The van der Waals surface area contributed by atoms with Crippen LogP contribution in [-0.4, -0.2) is 20.4 Å². The van der Waals surface area contributed by atoms with Crippen LogP contribution in [0.15, 0.2) is 30.5 Å². The van der Waals surface area contributed by atoms with Gasteiger partial charge in [-0.2, -0.15) is 0 Å². The lowest BCUT2D eigenvalue weighted by molar-refractivity contribution is 0.899. The molecule has 21 heavy (non-hydrogen) atoms. The summed E-state index contributed by atoms with van der Waals surface area (Å²) >= 11 is 11.9. The average molecular weight is 320 g/mol. The second kappa shape index (κ2) is 5.66. The topological polar surface area (TPSA) is 30.7 Å². The van der Waals surface area contributed by atoms with Gasteiger partial charge in [0.1, 0.15) is 11.3 Å². The summed E-state index contributed by atoms with van der Waals surface area (Å²) in [6, 6.07) is 8.18. The molecule has 0 radical (unpaired) electrons. The fourth-order valence-electron chi connectivity index (χ4n) is 2.55. The highest BCUT2D eigenvalue weighted by atomic mass is 35.5. The van der Waals surface area contributed by atoms with Gasteiger partial charge in [0.15, 0.2) is 5.65 Å². The average Bonchev–Trinajstić information content (AvgIpc) is 2.76. The molecule has 108 valence electrons. The lowest BCUT2D eigenvalue weighted by Gasteiger charge is -2.11. The molecule has 0 fully saturated rings. The Morgan fingerprint density at radius 2 is 2.00 bits per heavy atom. The molecule has 3 rings (SSSR count). The van der Waals surface area contributed by atoms with Crippen LogP contribution >= 0.6 is 23.2 Å². The smallest absolute Gasteiger partial charge is 0.164 e. The Kier molecular flexibility index (Phi) is 3.87. The van der Waals surface area contributed by atoms with E-state index in [-0.39, 0.29) is 0 Å². The number of aromatic nitrogens is 3. The first-order chi connectivity index (χ1) is 10.1. The minimum atomic E-state index is 0.516. The SMILES string of the molecule is Cc1ccc(-n2c(CCCl)nc3cc(Cl)cnc32)c(C)c1. The predicted octanol–water partition coefficient (Wildman–Crippen LogP) is 4.47. The number of hydrogen-bond donors (Lipinski definition) is 0. The molecular weight excluding hydrogens is 305 g/mol. The summed E-state index contributed by atoms with van der Waals surface area (Å²) in [5.74, 6) is 1.42. The van der Waals surface area contributed by atoms with Crippen molar-refractivity contribution in [1.29, 1.82) is 0 Å². The number of alkyl halides is 1. The molecule has 0 bridgehead atoms. The molecule has 3 aromatic rings. The van der Waals surface area contributed by atoms with Crippen LogP contribution in [0.4, 0.5) is 0 Å². The molecule has 0 saturated heterocycles. The van der Waals surface area contributed by atoms with Gasteiger partial charge in [0.25, 0.3) is 0 Å². The van der Waals surface area contributed by atoms with Gasteiger partial charge in [-0.3, -0.25) is 4.57 Å². The first-order valence-electron chi connectivity index (χ1n) is 6.76. The summed E-state index contributed by atoms with van der Waals surface area (Å²) in [4.78, 5) is 9.08. The second-order valence-electron chi connectivity index (χ2n) is 5.09. The molecule has 0 amide bonds. The number of hydrogen-bond acceptors (Lipinski definition) is 2. The van der Waals surface area contributed by atoms with Crippen LogP contribution < -0.4 is 0 Å². The summed E-state index contributed by atoms with van der Waals surface area (Å²) < 4.78 is 2.07. The third-order valence-corrected chi connectivity index (χ3v) is 3.84. The van der Waals surface area contributed by atoms with Crippen LogP contribution in [-0.2, 0) is 6.42 Å². The van der Waals surface area contributed by atoms with Gasteiger partial charge < -0.3 is 0 Å². The molecule has 2 heterocycles. The Hall–Kier alpha value is -1.58. The van der Waals surface area contributed by atoms with E-state index in [1.54, 1.807) is 6.20 Å². The number of halogens is 2. The molecule has 0 N–H and O–H groups in total. The van der Waals surface area contributed by atoms with Crippen molar-refractivity contribution < 1.29 is 0 Å². The lowest BCUT2D eigenvalue weighted by Crippen LogP contribution is -2.05. The minimum Gasteiger partial charge on any atom is -0.280 e. The molecule has 0 unspecified atom stereocenters. The molecule has 0 spiro atoms. The maximum atomic E-state index is 6.02. The Morgan fingerprint density at radius 3 is 2.71 bits per heavy atom. The van der Waals surface area contributed by atoms with E-state index in [1.165, 1.54) is 11.1 Å². The quantitative estimate of drug-likeness (QED) is 0.667. The zero-order chi connectivity index (χ0) is 15.0. The van der Waals surface area contributed by atoms with Crippen molar-refractivity contribution in [2.75, 3.05) is 5.88 Å². The van der Waals surface area contributed by atoms with Crippen molar-refractivity contribution in [3.8, 4) is 5.69 Å². The fraction of sp³-hybridized carbons (Fsp3) is 0.250. The Morgan fingerprint density at radius 1 is 1.19 bits per heavy atom. The highest BCUT2D eigenvalue weighted by Gasteiger charge is 2.15. The number of rotatable bonds is 3. The van der Waals surface area contributed by atoms with Crippen molar-refractivity contribution in [2.45, 2.75) is 20.3 Å². The number of benzene rings is 1. The number of aryl methyl sites for hydroxylation is 3. The van der Waals surface area contributed by atoms with E-state index in [2.05, 4.69) is 46.6 Å². The van der Waals surface area contributed by atoms with E-state index in [1.807, 2.05) is 6.07 Å². The Labute approximate surface area is 133 Å². The monoisotopic (exact) mass is 319 g/mol. The maximum Gasteiger partial charge on any atom is 0.164 e. The standard InChI is InChI=1S/C16H15Cl2N3/c1-10-3-4-14(11(2)7-10)21-15(5-6-17)20-13-8-12(18)9-19-16(13)21/h3-4,7-9H,5-6H2,1-2H3. The first kappa shape index (κ1) is 14.4. The summed E-state index contributed by atoms with van der Waals surface area (Å²) in [7, 11) is 0. The molecule has 2 aromatic heterocycles. The van der Waals surface area contributed by atoms with Crippen molar-refractivity contribution >= 4 is 34.4 Å². The van der Waals surface area contributed by atoms with Crippen molar-refractivity contribution in [3.05, 3.63) is 52.4 Å². The van der Waals surface area contributed by atoms with Crippen molar-refractivity contribution in [2.24, 2.45) is 0 Å². The zero-order valence-electron chi connectivity index (χ0n) is 11.9. The van der Waals surface area contributed by atoms with E-state index < -0.39 is 0 Å². The molecule has 5 heteroatoms. The second-order valence-corrected chi connectivity index (χ2v) is 5.90. The van der Waals surface area contributed by atoms with Gasteiger partial charge in [0.2, 0.25) is 0 Å². The minimum absolute atomic E-state index is 0.516. The van der Waals surface area contributed by atoms with E-state index in [0.717, 1.165) is 22.7 Å². The normalized spacial score (nSPS) is 11.2. The molecule has 0 aliphatic carbocycles. The lowest BCUT2D eigenvalue weighted by atomic mass is 10.1. The van der Waals surface area contributed by atoms with Gasteiger partial charge in [-0.25, -0.2) is 9.97 Å². The molecule has 3 nitrogen and oxygen atoms in total. The zero-order valence-corrected chi connectivity index (χ0v) is 13.4. The van der Waals surface area contributed by atoms with Crippen LogP contribution in [0.25, 0.3) is 16.9 Å². The summed E-state index contributed by atoms with van der Waals surface area (Å²) in [6.07, 6.45) is 2.33. The number of nitrogens with zero attached hydrogens (tertiary/aromatic N) is 3. The number of pyridine rings is 1. The highest BCUT2D eigenvalue weighted by molar-refractivity contribution is 6.31. The molecule has 0 aliphatic rings. The van der Waals surface area contributed by atoms with Gasteiger partial charge in [-0.1, -0.05) is 29.3 Å². The van der Waals surface area contributed by atoms with Gasteiger partial charge >= 0.3 is 0 Å². The number of fused-ring (bicyclic) bond motifs is 1. The molecule has 0 saturated carbocycles. The Balaban J connectivity index is 2.30. The largest absolute Gasteiger partial charge is 0.280 e. The molecular formula is C16H15Cl2N3. The van der Waals surface area contributed by atoms with Crippen LogP contribution in [0.2, 0.25) is 5.02 Å². The van der Waals surface area contributed by atoms with Crippen LogP contribution in [0, 0.1) is 13.8 Å². The maximum absolute atomic E-state index is 6.02. The van der Waals surface area contributed by atoms with Gasteiger partial charge in [-0.15, -0.1) is 11.6 Å². The molecule has 1 aromatic carbocycles. The third-order valence-electron chi connectivity index (χ3n) is 3.44. The molecule has 0 aliphatic heterocycles. The fourth-order valence-corrected chi connectivity index (χ4v) is 2.87. The van der Waals surface area contributed by atoms with Crippen LogP contribution in [0.3, 0.4) is 0 Å². The van der Waals surface area contributed by atoms with Crippen LogP contribution in [0.1, 0.15) is 17.0 Å². The third kappa shape index (κ3) is 2.63. The van der Waals surface area contributed by atoms with Gasteiger partial charge in [-0.05, 0) is 31.5 Å². The summed E-state index contributed by atoms with van der Waals surface area (Å²) in [5.41, 5.74) is 5.10. The van der Waals surface area contributed by atoms with Crippen molar-refractivity contribution in [1.82, 2.24) is 14.5 Å². The highest BCUT2D eigenvalue weighted by Crippen LogP contribution is 2.25. The summed E-state index contributed by atoms with van der Waals surface area (Å²) in [6.45, 7) is 4.18. The van der Waals surface area contributed by atoms with E-state index in [4.69, 9.17) is 23.2 Å². The summed E-state index contributed by atoms with van der Waals surface area (Å²) in [5, 5.41) is 0.588. The predicted molar refractivity (Wildman–Crippen MR) is 87.8 cm³/mol. The van der Waals surface area contributed by atoms with Crippen molar-refractivity contribution in [3.63, 3.8) is 0 Å². The van der Waals surface area contributed by atoms with Gasteiger partial charge in [0.05, 0.1) is 10.7 Å². The molecule has 0 atom stereocenters. The van der Waals surface area contributed by atoms with E-state index in [9.17, 15) is 0 Å². The number of imidazole rings is 1. The van der Waals surface area contributed by atoms with Crippen LogP contribution in [0.5, 0.6) is 0 Å². The Bertz CT molecular complexity index is 809.